The SMILES string of the molecule is C=CC(=O)OCCCC(=O)OC1C(OC)CC2CC1OS2(=O)=O. The van der Waals surface area contributed by atoms with Gasteiger partial charge in [-0.2, -0.15) is 8.42 Å². The molecule has 4 atom stereocenters. The van der Waals surface area contributed by atoms with Gasteiger partial charge in [0.25, 0.3) is 10.1 Å². The highest BCUT2D eigenvalue weighted by Crippen LogP contribution is 2.38. The zero-order valence-electron chi connectivity index (χ0n) is 12.8. The summed E-state index contributed by atoms with van der Waals surface area (Å²) < 4.78 is 43.9. The predicted octanol–water partition coefficient (Wildman–Crippen LogP) is 0.314. The molecule has 2 aliphatic rings. The van der Waals surface area contributed by atoms with E-state index in [1.54, 1.807) is 0 Å². The van der Waals surface area contributed by atoms with Crippen LogP contribution in [0.1, 0.15) is 25.7 Å². The van der Waals surface area contributed by atoms with Crippen LogP contribution in [0.4, 0.5) is 0 Å². The molecule has 4 unspecified atom stereocenters. The predicted molar refractivity (Wildman–Crippen MR) is 77.9 cm³/mol. The highest BCUT2D eigenvalue weighted by Gasteiger charge is 2.53. The summed E-state index contributed by atoms with van der Waals surface area (Å²) in [6.07, 6.45) is -0.0456. The Balaban J connectivity index is 1.84. The van der Waals surface area contributed by atoms with Gasteiger partial charge in [0.2, 0.25) is 0 Å². The fourth-order valence-electron chi connectivity index (χ4n) is 2.74. The molecular formula is C14H20O8S. The third-order valence-corrected chi connectivity index (χ3v) is 5.61. The Labute approximate surface area is 134 Å². The Kier molecular flexibility index (Phi) is 5.77. The van der Waals surface area contributed by atoms with Crippen LogP contribution in [0.5, 0.6) is 0 Å². The molecule has 1 aliphatic carbocycles. The number of carbonyl (C=O) groups excluding carboxylic acids is 2. The van der Waals surface area contributed by atoms with Gasteiger partial charge < -0.3 is 14.2 Å². The van der Waals surface area contributed by atoms with Crippen molar-refractivity contribution in [1.82, 2.24) is 0 Å². The van der Waals surface area contributed by atoms with Crippen molar-refractivity contribution in [3.8, 4) is 0 Å². The quantitative estimate of drug-likeness (QED) is 0.280. The van der Waals surface area contributed by atoms with Gasteiger partial charge in [0, 0.05) is 19.6 Å². The first kappa shape index (κ1) is 17.9. The average Bonchev–Trinajstić information content (AvgIpc) is 2.76. The summed E-state index contributed by atoms with van der Waals surface area (Å²) in [6.45, 7) is 3.34. The minimum absolute atomic E-state index is 0.0419. The molecule has 0 aromatic carbocycles. The van der Waals surface area contributed by atoms with E-state index in [0.29, 0.717) is 12.8 Å². The maximum Gasteiger partial charge on any atom is 0.330 e. The molecular weight excluding hydrogens is 328 g/mol. The van der Waals surface area contributed by atoms with Gasteiger partial charge in [-0.15, -0.1) is 0 Å². The summed E-state index contributed by atoms with van der Waals surface area (Å²) >= 11 is 0. The lowest BCUT2D eigenvalue weighted by Crippen LogP contribution is -2.46. The number of esters is 2. The molecule has 1 aliphatic heterocycles. The van der Waals surface area contributed by atoms with Gasteiger partial charge in [-0.05, 0) is 19.3 Å². The Morgan fingerprint density at radius 2 is 2.09 bits per heavy atom. The normalized spacial score (nSPS) is 31.3. The lowest BCUT2D eigenvalue weighted by Gasteiger charge is -2.32. The highest BCUT2D eigenvalue weighted by molar-refractivity contribution is 7.87. The largest absolute Gasteiger partial charge is 0.463 e. The molecule has 0 spiro atoms. The van der Waals surface area contributed by atoms with Crippen molar-refractivity contribution < 1.29 is 36.4 Å². The molecule has 9 heteroatoms. The second-order valence-electron chi connectivity index (χ2n) is 5.42. The van der Waals surface area contributed by atoms with E-state index in [4.69, 9.17) is 18.4 Å². The molecule has 2 rings (SSSR count). The van der Waals surface area contributed by atoms with Crippen molar-refractivity contribution in [2.24, 2.45) is 0 Å². The zero-order chi connectivity index (χ0) is 17.0. The summed E-state index contributed by atoms with van der Waals surface area (Å²) in [5.74, 6) is -1.07. The molecule has 0 aromatic heterocycles. The van der Waals surface area contributed by atoms with Gasteiger partial charge >= 0.3 is 11.9 Å². The van der Waals surface area contributed by atoms with E-state index in [-0.39, 0.29) is 19.4 Å². The molecule has 0 N–H and O–H groups in total. The van der Waals surface area contributed by atoms with Crippen molar-refractivity contribution >= 4 is 22.1 Å². The molecule has 23 heavy (non-hydrogen) atoms. The molecule has 1 saturated carbocycles. The number of hydrogen-bond acceptors (Lipinski definition) is 8. The molecule has 1 heterocycles. The molecule has 2 bridgehead atoms. The van der Waals surface area contributed by atoms with Gasteiger partial charge in [-0.3, -0.25) is 8.98 Å². The lowest BCUT2D eigenvalue weighted by atomic mass is 9.91. The van der Waals surface area contributed by atoms with E-state index in [9.17, 15) is 18.0 Å². The summed E-state index contributed by atoms with van der Waals surface area (Å²) in [6, 6.07) is 0. The smallest absolute Gasteiger partial charge is 0.330 e. The van der Waals surface area contributed by atoms with Crippen LogP contribution in [0.15, 0.2) is 12.7 Å². The second kappa shape index (κ2) is 7.41. The third kappa shape index (κ3) is 4.30. The lowest BCUT2D eigenvalue weighted by molar-refractivity contribution is -0.167. The summed E-state index contributed by atoms with van der Waals surface area (Å²) in [4.78, 5) is 22.7. The van der Waals surface area contributed by atoms with Crippen LogP contribution >= 0.6 is 0 Å². The van der Waals surface area contributed by atoms with Gasteiger partial charge in [-0.25, -0.2) is 4.79 Å². The fraction of sp³-hybridized carbons (Fsp3) is 0.714. The maximum absolute atomic E-state index is 11.9. The van der Waals surface area contributed by atoms with Gasteiger partial charge in [0.1, 0.15) is 6.10 Å². The van der Waals surface area contributed by atoms with Gasteiger partial charge in [-0.1, -0.05) is 6.58 Å². The highest BCUT2D eigenvalue weighted by atomic mass is 32.2. The Bertz CT molecular complexity index is 569. The first-order valence-electron chi connectivity index (χ1n) is 7.31. The number of carbonyl (C=O) groups is 2. The summed E-state index contributed by atoms with van der Waals surface area (Å²) in [7, 11) is -2.17. The summed E-state index contributed by atoms with van der Waals surface area (Å²) in [5, 5.41) is -0.606. The molecule has 2 fully saturated rings. The standard InChI is InChI=1S/C14H20O8S/c1-3-12(15)20-6-4-5-13(16)21-14-10(19-2)7-9-8-11(14)22-23(9,17)18/h3,9-11,14H,1,4-8H2,2H3. The van der Waals surface area contributed by atoms with Crippen molar-refractivity contribution in [1.29, 1.82) is 0 Å². The molecule has 130 valence electrons. The first-order chi connectivity index (χ1) is 10.9. The number of hydrogen-bond donors (Lipinski definition) is 0. The van der Waals surface area contributed by atoms with E-state index in [1.165, 1.54) is 7.11 Å². The monoisotopic (exact) mass is 348 g/mol. The molecule has 1 saturated heterocycles. The van der Waals surface area contributed by atoms with E-state index in [1.807, 2.05) is 0 Å². The molecule has 0 radical (unpaired) electrons. The van der Waals surface area contributed by atoms with Crippen LogP contribution in [0.2, 0.25) is 0 Å². The van der Waals surface area contributed by atoms with Gasteiger partial charge in [0.05, 0.1) is 18.0 Å². The van der Waals surface area contributed by atoms with Crippen LogP contribution in [-0.2, 0) is 38.1 Å². The van der Waals surface area contributed by atoms with Crippen molar-refractivity contribution in [2.45, 2.75) is 49.2 Å². The topological polar surface area (TPSA) is 105 Å². The van der Waals surface area contributed by atoms with Gasteiger partial charge in [0.15, 0.2) is 6.10 Å². The van der Waals surface area contributed by atoms with Crippen molar-refractivity contribution in [2.75, 3.05) is 13.7 Å². The van der Waals surface area contributed by atoms with Crippen LogP contribution < -0.4 is 0 Å². The fourth-order valence-corrected chi connectivity index (χ4v) is 4.28. The average molecular weight is 348 g/mol. The Morgan fingerprint density at radius 3 is 2.74 bits per heavy atom. The zero-order valence-corrected chi connectivity index (χ0v) is 13.6. The van der Waals surface area contributed by atoms with Crippen LogP contribution in [0.3, 0.4) is 0 Å². The van der Waals surface area contributed by atoms with E-state index in [2.05, 4.69) is 6.58 Å². The second-order valence-corrected chi connectivity index (χ2v) is 7.27. The first-order valence-corrected chi connectivity index (χ1v) is 8.78. The Morgan fingerprint density at radius 1 is 1.35 bits per heavy atom. The molecule has 0 aromatic rings. The maximum atomic E-state index is 11.9. The van der Waals surface area contributed by atoms with E-state index < -0.39 is 45.6 Å². The van der Waals surface area contributed by atoms with Crippen LogP contribution in [0, 0.1) is 0 Å². The van der Waals surface area contributed by atoms with E-state index in [0.717, 1.165) is 6.08 Å². The molecule has 0 amide bonds. The van der Waals surface area contributed by atoms with E-state index >= 15 is 0 Å². The number of methoxy groups -OCH3 is 1. The minimum atomic E-state index is -3.61. The van der Waals surface area contributed by atoms with Crippen molar-refractivity contribution in [3.63, 3.8) is 0 Å². The number of fused-ring (bicyclic) bond motifs is 2. The van der Waals surface area contributed by atoms with Crippen LogP contribution in [-0.4, -0.2) is 57.6 Å². The van der Waals surface area contributed by atoms with Crippen LogP contribution in [0.25, 0.3) is 0 Å². The Hall–Kier alpha value is -1.45. The number of ether oxygens (including phenoxy) is 3. The number of rotatable bonds is 7. The minimum Gasteiger partial charge on any atom is -0.463 e. The van der Waals surface area contributed by atoms with Crippen molar-refractivity contribution in [3.05, 3.63) is 12.7 Å². The molecule has 8 nitrogen and oxygen atoms in total. The third-order valence-electron chi connectivity index (χ3n) is 3.90. The summed E-state index contributed by atoms with van der Waals surface area (Å²) in [5.41, 5.74) is 0.